The fraction of sp³-hybridized carbons (Fsp3) is 0.278. The molecule has 2 aliphatic heterocycles. The molecule has 27 heavy (non-hydrogen) atoms. The van der Waals surface area contributed by atoms with Gasteiger partial charge >= 0.3 is 0 Å². The first-order chi connectivity index (χ1) is 13.0. The van der Waals surface area contributed by atoms with E-state index in [1.165, 1.54) is 0 Å². The first-order valence-electron chi connectivity index (χ1n) is 8.43. The first-order valence-corrected chi connectivity index (χ1v) is 9.61. The largest absolute Gasteiger partial charge is 0.349 e. The van der Waals surface area contributed by atoms with E-state index in [-0.39, 0.29) is 11.8 Å². The van der Waals surface area contributed by atoms with Gasteiger partial charge in [-0.05, 0) is 40.4 Å². The zero-order valence-corrected chi connectivity index (χ0v) is 16.9. The Morgan fingerprint density at radius 2 is 2.15 bits per heavy atom. The number of amides is 2. The normalized spacial score (nSPS) is 21.5. The van der Waals surface area contributed by atoms with E-state index in [0.717, 1.165) is 12.1 Å². The van der Waals surface area contributed by atoms with Crippen molar-refractivity contribution in [2.24, 2.45) is 10.9 Å². The topological polar surface area (TPSA) is 94.6 Å². The smallest absolute Gasteiger partial charge is 0.258 e. The molecular formula is C18H19BrClN5O2. The van der Waals surface area contributed by atoms with E-state index >= 15 is 0 Å². The van der Waals surface area contributed by atoms with E-state index < -0.39 is 6.04 Å². The van der Waals surface area contributed by atoms with Crippen LogP contribution in [0.4, 0.5) is 0 Å². The van der Waals surface area contributed by atoms with Crippen molar-refractivity contribution in [3.63, 3.8) is 0 Å². The zero-order valence-electron chi connectivity index (χ0n) is 14.6. The van der Waals surface area contributed by atoms with Crippen molar-refractivity contribution < 1.29 is 9.59 Å². The monoisotopic (exact) mass is 451 g/mol. The molecule has 2 aliphatic rings. The van der Waals surface area contributed by atoms with Crippen molar-refractivity contribution in [2.75, 3.05) is 6.54 Å². The van der Waals surface area contributed by atoms with E-state index in [4.69, 9.17) is 11.6 Å². The Morgan fingerprint density at radius 3 is 2.85 bits per heavy atom. The van der Waals surface area contributed by atoms with E-state index in [9.17, 15) is 9.59 Å². The molecule has 0 bridgehead atoms. The molecule has 2 heterocycles. The number of benzene rings is 1. The van der Waals surface area contributed by atoms with Crippen LogP contribution in [0.25, 0.3) is 0 Å². The number of nitrogens with one attached hydrogen (secondary N) is 4. The molecule has 2 atom stereocenters. The van der Waals surface area contributed by atoms with E-state index in [0.29, 0.717) is 33.4 Å². The second kappa shape index (κ2) is 8.69. The van der Waals surface area contributed by atoms with Gasteiger partial charge in [-0.3, -0.25) is 14.6 Å². The lowest BCUT2D eigenvalue weighted by Gasteiger charge is -2.14. The van der Waals surface area contributed by atoms with Crippen LogP contribution < -0.4 is 21.5 Å². The predicted molar refractivity (Wildman–Crippen MR) is 108 cm³/mol. The lowest BCUT2D eigenvalue weighted by molar-refractivity contribution is -0.121. The molecule has 7 nitrogen and oxygen atoms in total. The third kappa shape index (κ3) is 4.77. The number of carbonyl (C=O) groups excluding carboxylic acids is 2. The summed E-state index contributed by atoms with van der Waals surface area (Å²) in [6.07, 6.45) is 4.82. The molecule has 0 saturated heterocycles. The van der Waals surface area contributed by atoms with Gasteiger partial charge in [-0.15, -0.1) is 0 Å². The molecule has 0 aliphatic carbocycles. The second-order valence-electron chi connectivity index (χ2n) is 6.26. The molecule has 2 amide bonds. The Bertz CT molecular complexity index is 852. The zero-order chi connectivity index (χ0) is 19.4. The highest BCUT2D eigenvalue weighted by Crippen LogP contribution is 2.20. The Hall–Kier alpha value is -2.16. The number of hydrogen-bond acceptors (Lipinski definition) is 5. The highest BCUT2D eigenvalue weighted by molar-refractivity contribution is 9.11. The van der Waals surface area contributed by atoms with E-state index in [1.54, 1.807) is 24.3 Å². The van der Waals surface area contributed by atoms with Crippen LogP contribution in [0.3, 0.4) is 0 Å². The van der Waals surface area contributed by atoms with Crippen molar-refractivity contribution in [1.29, 1.82) is 0 Å². The fourth-order valence-electron chi connectivity index (χ4n) is 2.57. The minimum Gasteiger partial charge on any atom is -0.349 e. The number of allylic oxidation sites excluding steroid dienone is 1. The van der Waals surface area contributed by atoms with Crippen LogP contribution in [-0.4, -0.2) is 30.6 Å². The molecule has 3 rings (SSSR count). The van der Waals surface area contributed by atoms with Gasteiger partial charge in [-0.1, -0.05) is 36.7 Å². The molecule has 0 aromatic heterocycles. The number of hydrazine groups is 1. The van der Waals surface area contributed by atoms with Crippen molar-refractivity contribution in [3.05, 3.63) is 56.9 Å². The minimum atomic E-state index is -0.668. The molecule has 4 N–H and O–H groups in total. The maximum Gasteiger partial charge on any atom is 0.258 e. The van der Waals surface area contributed by atoms with Crippen molar-refractivity contribution in [1.82, 2.24) is 21.5 Å². The summed E-state index contributed by atoms with van der Waals surface area (Å²) >= 11 is 9.41. The molecule has 1 aromatic carbocycles. The lowest BCUT2D eigenvalue weighted by atomic mass is 10.1. The van der Waals surface area contributed by atoms with Gasteiger partial charge in [0.2, 0.25) is 5.91 Å². The van der Waals surface area contributed by atoms with E-state index in [2.05, 4.69) is 49.3 Å². The van der Waals surface area contributed by atoms with Gasteiger partial charge in [0.15, 0.2) is 0 Å². The lowest BCUT2D eigenvalue weighted by Crippen LogP contribution is -2.45. The summed E-state index contributed by atoms with van der Waals surface area (Å²) in [6.45, 7) is 2.44. The maximum absolute atomic E-state index is 12.4. The predicted octanol–water partition coefficient (Wildman–Crippen LogP) is 2.22. The molecule has 0 radical (unpaired) electrons. The summed E-state index contributed by atoms with van der Waals surface area (Å²) in [5.41, 5.74) is 6.82. The number of aliphatic imine (C=N–C) groups is 1. The average Bonchev–Trinajstić information content (AvgIpc) is 3.02. The van der Waals surface area contributed by atoms with Gasteiger partial charge in [-0.25, -0.2) is 5.43 Å². The van der Waals surface area contributed by atoms with Crippen LogP contribution in [0, 0.1) is 5.92 Å². The number of nitrogens with zero attached hydrogens (tertiary/aromatic N) is 1. The molecule has 0 saturated carbocycles. The van der Waals surface area contributed by atoms with Gasteiger partial charge in [0.05, 0.1) is 27.3 Å². The summed E-state index contributed by atoms with van der Waals surface area (Å²) in [4.78, 5) is 29.1. The first kappa shape index (κ1) is 19.6. The van der Waals surface area contributed by atoms with Crippen LogP contribution >= 0.6 is 27.5 Å². The molecule has 9 heteroatoms. The fourth-order valence-corrected chi connectivity index (χ4v) is 3.31. The third-order valence-corrected chi connectivity index (χ3v) is 5.30. The van der Waals surface area contributed by atoms with Crippen LogP contribution in [0.15, 0.2) is 51.3 Å². The van der Waals surface area contributed by atoms with Crippen molar-refractivity contribution >= 4 is 45.6 Å². The number of hydrogen-bond donors (Lipinski definition) is 4. The molecule has 2 unspecified atom stereocenters. The van der Waals surface area contributed by atoms with Gasteiger partial charge in [0.25, 0.3) is 5.91 Å². The summed E-state index contributed by atoms with van der Waals surface area (Å²) < 4.78 is 0.496. The Balaban J connectivity index is 1.59. The van der Waals surface area contributed by atoms with Crippen LogP contribution in [0.2, 0.25) is 5.02 Å². The molecule has 0 fully saturated rings. The molecule has 142 valence electrons. The third-order valence-electron chi connectivity index (χ3n) is 4.12. The Labute approximate surface area is 170 Å². The number of rotatable bonds is 5. The minimum absolute atomic E-state index is 0.244. The van der Waals surface area contributed by atoms with Crippen molar-refractivity contribution in [2.45, 2.75) is 19.4 Å². The second-order valence-corrected chi connectivity index (χ2v) is 7.53. The SMILES string of the molecule is CC1C=NC(CNC(=O)C2NNC(NC(=O)c3ccccc3Cl)=C2Br)=CC1. The summed E-state index contributed by atoms with van der Waals surface area (Å²) in [6, 6.07) is 6.07. The number of halogens is 2. The summed E-state index contributed by atoms with van der Waals surface area (Å²) in [5.74, 6) is 0.167. The van der Waals surface area contributed by atoms with Crippen LogP contribution in [-0.2, 0) is 4.79 Å². The van der Waals surface area contributed by atoms with E-state index in [1.807, 2.05) is 12.3 Å². The van der Waals surface area contributed by atoms with Gasteiger partial charge in [0, 0.05) is 6.21 Å². The Morgan fingerprint density at radius 1 is 1.37 bits per heavy atom. The van der Waals surface area contributed by atoms with Gasteiger partial charge in [-0.2, -0.15) is 0 Å². The highest BCUT2D eigenvalue weighted by Gasteiger charge is 2.30. The standard InChI is InChI=1S/C18H19BrClN5O2/c1-10-6-7-11(21-8-10)9-22-18(27)15-14(19)16(25-24-15)23-17(26)12-4-2-3-5-13(12)20/h2-5,7-8,10,15,24-25H,6,9H2,1H3,(H,22,27)(H,23,26). The summed E-state index contributed by atoms with van der Waals surface area (Å²) in [7, 11) is 0. The quantitative estimate of drug-likeness (QED) is 0.551. The summed E-state index contributed by atoms with van der Waals surface area (Å²) in [5, 5.41) is 5.88. The number of carbonyl (C=O) groups is 2. The van der Waals surface area contributed by atoms with Gasteiger partial charge < -0.3 is 16.1 Å². The highest BCUT2D eigenvalue weighted by atomic mass is 79.9. The van der Waals surface area contributed by atoms with Crippen molar-refractivity contribution in [3.8, 4) is 0 Å². The Kier molecular flexibility index (Phi) is 6.30. The maximum atomic E-state index is 12.4. The van der Waals surface area contributed by atoms with Gasteiger partial charge in [0.1, 0.15) is 11.9 Å². The molecule has 1 aromatic rings. The van der Waals surface area contributed by atoms with Crippen LogP contribution in [0.5, 0.6) is 0 Å². The van der Waals surface area contributed by atoms with Crippen LogP contribution in [0.1, 0.15) is 23.7 Å². The average molecular weight is 453 g/mol. The molecular weight excluding hydrogens is 434 g/mol. The molecule has 0 spiro atoms.